The van der Waals surface area contributed by atoms with Crippen molar-refractivity contribution in [1.29, 1.82) is 5.26 Å². The van der Waals surface area contributed by atoms with Crippen LogP contribution in [0.15, 0.2) is 34.1 Å². The Morgan fingerprint density at radius 2 is 2.10 bits per heavy atom. The van der Waals surface area contributed by atoms with E-state index in [0.717, 1.165) is 36.2 Å². The maximum atomic E-state index is 8.72. The van der Waals surface area contributed by atoms with Gasteiger partial charge in [0, 0.05) is 0 Å². The van der Waals surface area contributed by atoms with E-state index in [4.69, 9.17) is 14.7 Å². The molecule has 0 bridgehead atoms. The van der Waals surface area contributed by atoms with Gasteiger partial charge in [0.2, 0.25) is 0 Å². The van der Waals surface area contributed by atoms with Crippen molar-refractivity contribution in [2.75, 3.05) is 0 Å². The normalized spacial score (nSPS) is 15.7. The van der Waals surface area contributed by atoms with Crippen LogP contribution in [0.4, 0.5) is 0 Å². The molecule has 0 radical (unpaired) electrons. The summed E-state index contributed by atoms with van der Waals surface area (Å²) in [6.07, 6.45) is 2.66. The third-order valence-corrected chi connectivity index (χ3v) is 3.15. The summed E-state index contributed by atoms with van der Waals surface area (Å²) in [6, 6.07) is 9.29. The zero-order valence-corrected chi connectivity index (χ0v) is 10.7. The van der Waals surface area contributed by atoms with Crippen LogP contribution in [0, 0.1) is 11.3 Å². The lowest BCUT2D eigenvalue weighted by Gasteiger charge is -2.09. The van der Waals surface area contributed by atoms with E-state index in [0.29, 0.717) is 17.9 Å². The molecular formula is C14H12N4O2. The van der Waals surface area contributed by atoms with E-state index in [9.17, 15) is 0 Å². The molecule has 0 N–H and O–H groups in total. The molecule has 1 aromatic carbocycles. The molecule has 0 fully saturated rings. The number of rotatable bonds is 3. The van der Waals surface area contributed by atoms with Crippen LogP contribution in [0.3, 0.4) is 0 Å². The number of hydrogen-bond donors (Lipinski definition) is 0. The van der Waals surface area contributed by atoms with Gasteiger partial charge < -0.3 is 4.84 Å². The number of nitrogens with zero attached hydrogens (tertiary/aromatic N) is 4. The summed E-state index contributed by atoms with van der Waals surface area (Å²) in [5.74, 6) is 0. The van der Waals surface area contributed by atoms with Crippen LogP contribution in [0.1, 0.15) is 35.4 Å². The summed E-state index contributed by atoms with van der Waals surface area (Å²) in [5.41, 5.74) is 3.92. The molecule has 1 aromatic heterocycles. The molecule has 0 saturated heterocycles. The summed E-state index contributed by atoms with van der Waals surface area (Å²) in [7, 11) is 0. The average molecular weight is 268 g/mol. The minimum Gasteiger partial charge on any atom is -0.391 e. The van der Waals surface area contributed by atoms with E-state index in [1.54, 1.807) is 12.1 Å². The quantitative estimate of drug-likeness (QED) is 0.797. The van der Waals surface area contributed by atoms with Crippen molar-refractivity contribution in [3.05, 3.63) is 46.8 Å². The van der Waals surface area contributed by atoms with E-state index in [1.807, 2.05) is 12.1 Å². The summed E-state index contributed by atoms with van der Waals surface area (Å²) >= 11 is 0. The molecule has 0 saturated carbocycles. The minimum atomic E-state index is 0.357. The SMILES string of the molecule is N#Cc1ccc(CO/N=C2/CCCc3nonc32)cc1. The molecule has 6 heteroatoms. The highest BCUT2D eigenvalue weighted by Gasteiger charge is 2.21. The van der Waals surface area contributed by atoms with Gasteiger partial charge >= 0.3 is 0 Å². The first kappa shape index (κ1) is 12.4. The predicted octanol–water partition coefficient (Wildman–Crippen LogP) is 2.20. The van der Waals surface area contributed by atoms with Crippen molar-refractivity contribution in [3.63, 3.8) is 0 Å². The molecule has 0 amide bonds. The second-order valence-corrected chi connectivity index (χ2v) is 4.53. The van der Waals surface area contributed by atoms with Crippen molar-refractivity contribution in [2.24, 2.45) is 5.16 Å². The second kappa shape index (κ2) is 5.53. The highest BCUT2D eigenvalue weighted by Crippen LogP contribution is 2.18. The van der Waals surface area contributed by atoms with Crippen molar-refractivity contribution in [1.82, 2.24) is 10.3 Å². The Kier molecular flexibility index (Phi) is 3.42. The van der Waals surface area contributed by atoms with Gasteiger partial charge in [0.25, 0.3) is 0 Å². The summed E-state index contributed by atoms with van der Waals surface area (Å²) in [5, 5.41) is 20.5. The monoisotopic (exact) mass is 268 g/mol. The zero-order valence-electron chi connectivity index (χ0n) is 10.7. The van der Waals surface area contributed by atoms with E-state index >= 15 is 0 Å². The molecule has 6 nitrogen and oxygen atoms in total. The smallest absolute Gasteiger partial charge is 0.155 e. The number of benzene rings is 1. The highest BCUT2D eigenvalue weighted by molar-refractivity contribution is 6.00. The summed E-state index contributed by atoms with van der Waals surface area (Å²) in [4.78, 5) is 5.35. The van der Waals surface area contributed by atoms with Crippen LogP contribution in [0.25, 0.3) is 0 Å². The molecule has 3 rings (SSSR count). The lowest BCUT2D eigenvalue weighted by atomic mass is 9.99. The highest BCUT2D eigenvalue weighted by atomic mass is 16.6. The number of aromatic nitrogens is 2. The number of fused-ring (bicyclic) bond motifs is 1. The molecule has 0 spiro atoms. The average Bonchev–Trinajstić information content (AvgIpc) is 2.97. The van der Waals surface area contributed by atoms with Crippen molar-refractivity contribution in [2.45, 2.75) is 25.9 Å². The summed E-state index contributed by atoms with van der Waals surface area (Å²) < 4.78 is 4.72. The Morgan fingerprint density at radius 1 is 1.25 bits per heavy atom. The standard InChI is InChI=1S/C14H12N4O2/c15-8-10-4-6-11(7-5-10)9-19-16-12-2-1-3-13-14(12)18-20-17-13/h4-7H,1-3,9H2/b16-12-. The molecule has 2 aromatic rings. The van der Waals surface area contributed by atoms with E-state index in [1.165, 1.54) is 0 Å². The molecule has 0 atom stereocenters. The Balaban J connectivity index is 1.65. The van der Waals surface area contributed by atoms with Gasteiger partial charge in [0.1, 0.15) is 18.0 Å². The second-order valence-electron chi connectivity index (χ2n) is 4.53. The van der Waals surface area contributed by atoms with E-state index in [2.05, 4.69) is 21.5 Å². The molecule has 20 heavy (non-hydrogen) atoms. The van der Waals surface area contributed by atoms with Gasteiger partial charge in [-0.1, -0.05) is 22.4 Å². The number of hydrogen-bond acceptors (Lipinski definition) is 6. The van der Waals surface area contributed by atoms with Gasteiger partial charge in [-0.2, -0.15) is 5.26 Å². The number of aryl methyl sites for hydroxylation is 1. The molecule has 1 aliphatic rings. The lowest BCUT2D eigenvalue weighted by molar-refractivity contribution is 0.130. The van der Waals surface area contributed by atoms with Gasteiger partial charge in [0.15, 0.2) is 5.69 Å². The predicted molar refractivity (Wildman–Crippen MR) is 69.7 cm³/mol. The van der Waals surface area contributed by atoms with Crippen LogP contribution in [-0.2, 0) is 17.9 Å². The van der Waals surface area contributed by atoms with Gasteiger partial charge in [-0.3, -0.25) is 0 Å². The Labute approximate surface area is 115 Å². The van der Waals surface area contributed by atoms with Crippen LogP contribution >= 0.6 is 0 Å². The third-order valence-electron chi connectivity index (χ3n) is 3.15. The van der Waals surface area contributed by atoms with E-state index < -0.39 is 0 Å². The van der Waals surface area contributed by atoms with Gasteiger partial charge in [-0.25, -0.2) is 4.63 Å². The summed E-state index contributed by atoms with van der Waals surface area (Å²) in [6.45, 7) is 0.357. The Hall–Kier alpha value is -2.68. The first-order chi connectivity index (χ1) is 9.86. The Bertz CT molecular complexity index is 667. The molecule has 0 aliphatic heterocycles. The largest absolute Gasteiger partial charge is 0.391 e. The first-order valence-corrected chi connectivity index (χ1v) is 6.36. The fourth-order valence-electron chi connectivity index (χ4n) is 2.08. The van der Waals surface area contributed by atoms with Crippen LogP contribution < -0.4 is 0 Å². The molecule has 0 unspecified atom stereocenters. The van der Waals surface area contributed by atoms with E-state index in [-0.39, 0.29) is 0 Å². The number of nitriles is 1. The Morgan fingerprint density at radius 3 is 2.90 bits per heavy atom. The van der Waals surface area contributed by atoms with Crippen LogP contribution in [-0.4, -0.2) is 16.0 Å². The first-order valence-electron chi connectivity index (χ1n) is 6.36. The van der Waals surface area contributed by atoms with Crippen LogP contribution in [0.2, 0.25) is 0 Å². The van der Waals surface area contributed by atoms with Gasteiger partial charge in [-0.15, -0.1) is 0 Å². The molecule has 1 heterocycles. The fourth-order valence-corrected chi connectivity index (χ4v) is 2.08. The number of oxime groups is 1. The van der Waals surface area contributed by atoms with Crippen LogP contribution in [0.5, 0.6) is 0 Å². The lowest BCUT2D eigenvalue weighted by Crippen LogP contribution is -2.12. The van der Waals surface area contributed by atoms with Crippen molar-refractivity contribution in [3.8, 4) is 6.07 Å². The van der Waals surface area contributed by atoms with Crippen molar-refractivity contribution >= 4 is 5.71 Å². The van der Waals surface area contributed by atoms with Crippen molar-refractivity contribution < 1.29 is 9.47 Å². The maximum Gasteiger partial charge on any atom is 0.155 e. The van der Waals surface area contributed by atoms with Gasteiger partial charge in [0.05, 0.1) is 11.6 Å². The maximum absolute atomic E-state index is 8.72. The topological polar surface area (TPSA) is 84.3 Å². The van der Waals surface area contributed by atoms with Gasteiger partial charge in [-0.05, 0) is 42.1 Å². The molecule has 100 valence electrons. The zero-order chi connectivity index (χ0) is 13.8. The minimum absolute atomic E-state index is 0.357. The fraction of sp³-hybridized carbons (Fsp3) is 0.286. The third kappa shape index (κ3) is 2.52. The molecule has 1 aliphatic carbocycles. The molecular weight excluding hydrogens is 256 g/mol.